The highest BCUT2D eigenvalue weighted by Crippen LogP contribution is 2.26. The number of Topliss-reactive ketones (excluding diaryl/α,β-unsaturated/α-hetero) is 1. The van der Waals surface area contributed by atoms with Gasteiger partial charge in [0.1, 0.15) is 0 Å². The third-order valence-corrected chi connectivity index (χ3v) is 3.02. The molecule has 0 saturated heterocycles. The highest BCUT2D eigenvalue weighted by atomic mass is 16.1. The fraction of sp³-hybridized carbons (Fsp3) is 0.357. The quantitative estimate of drug-likeness (QED) is 0.501. The van der Waals surface area contributed by atoms with Crippen LogP contribution < -0.4 is 0 Å². The van der Waals surface area contributed by atoms with E-state index in [0.29, 0.717) is 6.42 Å². The molecule has 1 atom stereocenters. The SMILES string of the molecule is C#CCC1CCCc2ccccc2C1=O. The third-order valence-electron chi connectivity index (χ3n) is 3.02. The van der Waals surface area contributed by atoms with Crippen molar-refractivity contribution >= 4 is 5.78 Å². The zero-order valence-electron chi connectivity index (χ0n) is 8.70. The summed E-state index contributed by atoms with van der Waals surface area (Å²) in [6.45, 7) is 0. The molecule has 0 aliphatic heterocycles. The number of hydrogen-bond acceptors (Lipinski definition) is 1. The molecule has 1 unspecified atom stereocenters. The number of carbonyl (C=O) groups excluding carboxylic acids is 1. The fourth-order valence-corrected chi connectivity index (χ4v) is 2.21. The Bertz CT molecular complexity index is 412. The van der Waals surface area contributed by atoms with Gasteiger partial charge in [-0.2, -0.15) is 0 Å². The van der Waals surface area contributed by atoms with Crippen LogP contribution in [0.5, 0.6) is 0 Å². The van der Waals surface area contributed by atoms with E-state index in [4.69, 9.17) is 6.42 Å². The number of terminal acetylenes is 1. The predicted octanol–water partition coefficient (Wildman–Crippen LogP) is 2.85. The van der Waals surface area contributed by atoms with Crippen LogP contribution in [0.25, 0.3) is 0 Å². The highest BCUT2D eigenvalue weighted by molar-refractivity contribution is 5.99. The first kappa shape index (κ1) is 9.98. The summed E-state index contributed by atoms with van der Waals surface area (Å²) >= 11 is 0. The number of fused-ring (bicyclic) bond motifs is 1. The van der Waals surface area contributed by atoms with Crippen molar-refractivity contribution in [3.05, 3.63) is 35.4 Å². The van der Waals surface area contributed by atoms with E-state index in [0.717, 1.165) is 24.8 Å². The highest BCUT2D eigenvalue weighted by Gasteiger charge is 2.23. The fourth-order valence-electron chi connectivity index (χ4n) is 2.21. The topological polar surface area (TPSA) is 17.1 Å². The molecule has 2 rings (SSSR count). The molecule has 0 radical (unpaired) electrons. The number of hydrogen-bond donors (Lipinski definition) is 0. The van der Waals surface area contributed by atoms with Crippen LogP contribution in [0.4, 0.5) is 0 Å². The number of aryl methyl sites for hydroxylation is 1. The Morgan fingerprint density at radius 2 is 2.20 bits per heavy atom. The molecule has 0 heterocycles. The van der Waals surface area contributed by atoms with Gasteiger partial charge >= 0.3 is 0 Å². The van der Waals surface area contributed by atoms with Crippen LogP contribution in [0.1, 0.15) is 35.2 Å². The molecule has 0 saturated carbocycles. The maximum Gasteiger partial charge on any atom is 0.167 e. The smallest absolute Gasteiger partial charge is 0.167 e. The van der Waals surface area contributed by atoms with E-state index in [1.54, 1.807) is 0 Å². The average molecular weight is 198 g/mol. The zero-order valence-corrected chi connectivity index (χ0v) is 8.70. The van der Waals surface area contributed by atoms with E-state index in [1.165, 1.54) is 5.56 Å². The molecule has 1 nitrogen and oxygen atoms in total. The number of benzene rings is 1. The van der Waals surface area contributed by atoms with Crippen LogP contribution in [-0.2, 0) is 6.42 Å². The predicted molar refractivity (Wildman–Crippen MR) is 60.7 cm³/mol. The molecule has 0 N–H and O–H groups in total. The summed E-state index contributed by atoms with van der Waals surface area (Å²) in [7, 11) is 0. The summed E-state index contributed by atoms with van der Waals surface area (Å²) in [4.78, 5) is 12.1. The van der Waals surface area contributed by atoms with Gasteiger partial charge in [0.2, 0.25) is 0 Å². The standard InChI is InChI=1S/C14H14O/c1-2-6-12-9-5-8-11-7-3-4-10-13(11)14(12)15/h1,3-4,7,10,12H,5-6,8-9H2. The molecule has 1 aliphatic rings. The first-order valence-corrected chi connectivity index (χ1v) is 5.38. The molecule has 1 aromatic rings. The Kier molecular flexibility index (Phi) is 2.87. The van der Waals surface area contributed by atoms with Crippen LogP contribution in [0.15, 0.2) is 24.3 Å². The average Bonchev–Trinajstić information content (AvgIpc) is 2.41. The largest absolute Gasteiger partial charge is 0.294 e. The van der Waals surface area contributed by atoms with Gasteiger partial charge in [-0.1, -0.05) is 24.3 Å². The number of rotatable bonds is 1. The Morgan fingerprint density at radius 3 is 3.00 bits per heavy atom. The van der Waals surface area contributed by atoms with Gasteiger partial charge in [-0.25, -0.2) is 0 Å². The van der Waals surface area contributed by atoms with Gasteiger partial charge in [0, 0.05) is 17.9 Å². The summed E-state index contributed by atoms with van der Waals surface area (Å²) in [5.74, 6) is 2.88. The second-order valence-corrected chi connectivity index (χ2v) is 4.02. The van der Waals surface area contributed by atoms with Crippen molar-refractivity contribution in [2.45, 2.75) is 25.7 Å². The molecule has 15 heavy (non-hydrogen) atoms. The first-order valence-electron chi connectivity index (χ1n) is 5.38. The molecule has 1 aromatic carbocycles. The normalized spacial score (nSPS) is 20.2. The molecule has 1 aliphatic carbocycles. The van der Waals surface area contributed by atoms with Crippen LogP contribution in [-0.4, -0.2) is 5.78 Å². The van der Waals surface area contributed by atoms with Crippen molar-refractivity contribution in [1.29, 1.82) is 0 Å². The van der Waals surface area contributed by atoms with E-state index < -0.39 is 0 Å². The number of ketones is 1. The molecule has 0 spiro atoms. The third kappa shape index (κ3) is 1.94. The number of carbonyl (C=O) groups is 1. The molecular weight excluding hydrogens is 184 g/mol. The molecular formula is C14H14O. The lowest BCUT2D eigenvalue weighted by atomic mass is 9.93. The summed E-state index contributed by atoms with van der Waals surface area (Å²) < 4.78 is 0. The van der Waals surface area contributed by atoms with Crippen LogP contribution >= 0.6 is 0 Å². The van der Waals surface area contributed by atoms with Gasteiger partial charge < -0.3 is 0 Å². The van der Waals surface area contributed by atoms with Crippen molar-refractivity contribution < 1.29 is 4.79 Å². The minimum atomic E-state index is 0.0404. The zero-order chi connectivity index (χ0) is 10.7. The first-order chi connectivity index (χ1) is 7.33. The van der Waals surface area contributed by atoms with E-state index in [-0.39, 0.29) is 11.7 Å². The molecule has 1 heteroatoms. The second kappa shape index (κ2) is 4.31. The van der Waals surface area contributed by atoms with Gasteiger partial charge in [0.25, 0.3) is 0 Å². The lowest BCUT2D eigenvalue weighted by Gasteiger charge is -2.09. The van der Waals surface area contributed by atoms with Crippen LogP contribution in [0, 0.1) is 18.3 Å². The minimum Gasteiger partial charge on any atom is -0.294 e. The Hall–Kier alpha value is -1.55. The Labute approximate surface area is 90.5 Å². The van der Waals surface area contributed by atoms with Gasteiger partial charge in [0.15, 0.2) is 5.78 Å². The van der Waals surface area contributed by atoms with Crippen LogP contribution in [0.3, 0.4) is 0 Å². The van der Waals surface area contributed by atoms with Gasteiger partial charge in [0.05, 0.1) is 0 Å². The van der Waals surface area contributed by atoms with E-state index in [2.05, 4.69) is 5.92 Å². The Balaban J connectivity index is 2.35. The maximum absolute atomic E-state index is 12.1. The monoisotopic (exact) mass is 198 g/mol. The van der Waals surface area contributed by atoms with Crippen molar-refractivity contribution in [2.24, 2.45) is 5.92 Å². The van der Waals surface area contributed by atoms with Crippen molar-refractivity contribution in [1.82, 2.24) is 0 Å². The summed E-state index contributed by atoms with van der Waals surface area (Å²) in [6.07, 6.45) is 8.86. The van der Waals surface area contributed by atoms with Crippen molar-refractivity contribution in [3.8, 4) is 12.3 Å². The van der Waals surface area contributed by atoms with Crippen molar-refractivity contribution in [3.63, 3.8) is 0 Å². The molecule has 76 valence electrons. The summed E-state index contributed by atoms with van der Waals surface area (Å²) in [6, 6.07) is 7.89. The van der Waals surface area contributed by atoms with Crippen LogP contribution in [0.2, 0.25) is 0 Å². The van der Waals surface area contributed by atoms with E-state index in [9.17, 15) is 4.79 Å². The minimum absolute atomic E-state index is 0.0404. The van der Waals surface area contributed by atoms with Crippen molar-refractivity contribution in [2.75, 3.05) is 0 Å². The van der Waals surface area contributed by atoms with E-state index >= 15 is 0 Å². The lowest BCUT2D eigenvalue weighted by Crippen LogP contribution is -2.13. The Morgan fingerprint density at radius 1 is 1.40 bits per heavy atom. The second-order valence-electron chi connectivity index (χ2n) is 4.02. The molecule has 0 bridgehead atoms. The maximum atomic E-state index is 12.1. The van der Waals surface area contributed by atoms with Gasteiger partial charge in [-0.15, -0.1) is 12.3 Å². The summed E-state index contributed by atoms with van der Waals surface area (Å²) in [5, 5.41) is 0. The molecule has 0 fully saturated rings. The lowest BCUT2D eigenvalue weighted by molar-refractivity contribution is 0.0918. The van der Waals surface area contributed by atoms with Gasteiger partial charge in [-0.05, 0) is 24.8 Å². The molecule has 0 amide bonds. The van der Waals surface area contributed by atoms with E-state index in [1.807, 2.05) is 24.3 Å². The molecule has 0 aromatic heterocycles. The van der Waals surface area contributed by atoms with Gasteiger partial charge in [-0.3, -0.25) is 4.79 Å². The summed E-state index contributed by atoms with van der Waals surface area (Å²) in [5.41, 5.74) is 2.07.